The number of aryl methyl sites for hydroxylation is 2. The number of hydrogen-bond donors (Lipinski definition) is 1. The number of halogens is 1. The number of benzene rings is 1. The number of carbonyl (C=O) groups is 2. The molecule has 0 saturated carbocycles. The summed E-state index contributed by atoms with van der Waals surface area (Å²) in [5.74, 6) is -2.52. The number of ether oxygens (including phenoxy) is 1. The van der Waals surface area contributed by atoms with Gasteiger partial charge in [-0.25, -0.2) is 0 Å². The summed E-state index contributed by atoms with van der Waals surface area (Å²) in [7, 11) is 3.07. The predicted octanol–water partition coefficient (Wildman–Crippen LogP) is 2.35. The number of carbonyl (C=O) groups excluding carboxylic acids is 2. The zero-order valence-electron chi connectivity index (χ0n) is 13.3. The fourth-order valence-corrected chi connectivity index (χ4v) is 2.24. The van der Waals surface area contributed by atoms with Crippen molar-refractivity contribution in [2.45, 2.75) is 6.92 Å². The number of aromatic nitrogens is 2. The van der Waals surface area contributed by atoms with Crippen molar-refractivity contribution in [1.82, 2.24) is 9.78 Å². The summed E-state index contributed by atoms with van der Waals surface area (Å²) in [4.78, 5) is 24.7. The molecule has 0 unspecified atom stereocenters. The van der Waals surface area contributed by atoms with E-state index in [9.17, 15) is 14.9 Å². The monoisotopic (exact) mass is 346 g/mol. The van der Waals surface area contributed by atoms with Crippen molar-refractivity contribution >= 4 is 29.0 Å². The molecule has 1 N–H and O–H groups in total. The summed E-state index contributed by atoms with van der Waals surface area (Å²) in [6.07, 6.45) is 2.76. The van der Waals surface area contributed by atoms with Crippen molar-refractivity contribution in [3.8, 4) is 11.8 Å². The number of nitrogens with zero attached hydrogens (tertiary/aromatic N) is 3. The second-order valence-electron chi connectivity index (χ2n) is 5.12. The molecule has 7 nitrogen and oxygen atoms in total. The first-order valence-electron chi connectivity index (χ1n) is 6.94. The van der Waals surface area contributed by atoms with E-state index in [4.69, 9.17) is 16.3 Å². The van der Waals surface area contributed by atoms with Gasteiger partial charge in [-0.05, 0) is 18.6 Å². The molecule has 124 valence electrons. The lowest BCUT2D eigenvalue weighted by Crippen LogP contribution is -2.28. The Bertz CT molecular complexity index is 838. The zero-order valence-corrected chi connectivity index (χ0v) is 14.1. The number of nitrogens with one attached hydrogen (secondary N) is 1. The van der Waals surface area contributed by atoms with Crippen LogP contribution in [0.1, 0.15) is 15.9 Å². The van der Waals surface area contributed by atoms with Crippen LogP contribution in [-0.2, 0) is 11.8 Å². The van der Waals surface area contributed by atoms with Crippen molar-refractivity contribution in [2.24, 2.45) is 13.0 Å². The molecule has 1 atom stereocenters. The molecule has 0 bridgehead atoms. The summed E-state index contributed by atoms with van der Waals surface area (Å²) in [6, 6.07) is 4.89. The maximum Gasteiger partial charge on any atom is 0.249 e. The fourth-order valence-electron chi connectivity index (χ4n) is 2.09. The average Bonchev–Trinajstić information content (AvgIpc) is 2.97. The van der Waals surface area contributed by atoms with Gasteiger partial charge >= 0.3 is 0 Å². The molecule has 0 radical (unpaired) electrons. The molecule has 24 heavy (non-hydrogen) atoms. The Morgan fingerprint density at radius 3 is 2.71 bits per heavy atom. The second-order valence-corrected chi connectivity index (χ2v) is 5.53. The predicted molar refractivity (Wildman–Crippen MR) is 88.0 cm³/mol. The second kappa shape index (κ2) is 7.15. The van der Waals surface area contributed by atoms with Crippen molar-refractivity contribution in [3.63, 3.8) is 0 Å². The average molecular weight is 347 g/mol. The minimum atomic E-state index is -1.49. The Labute approximate surface area is 143 Å². The van der Waals surface area contributed by atoms with Gasteiger partial charge in [-0.15, -0.1) is 0 Å². The highest BCUT2D eigenvalue weighted by Crippen LogP contribution is 2.31. The highest BCUT2D eigenvalue weighted by atomic mass is 35.5. The van der Waals surface area contributed by atoms with Gasteiger partial charge in [0, 0.05) is 24.3 Å². The van der Waals surface area contributed by atoms with Crippen LogP contribution < -0.4 is 10.1 Å². The number of rotatable bonds is 5. The van der Waals surface area contributed by atoms with Crippen LogP contribution in [0.15, 0.2) is 24.5 Å². The fraction of sp³-hybridized carbons (Fsp3) is 0.250. The highest BCUT2D eigenvalue weighted by Gasteiger charge is 2.29. The van der Waals surface area contributed by atoms with Gasteiger partial charge in [0.2, 0.25) is 5.91 Å². The Hall–Kier alpha value is -2.85. The maximum absolute atomic E-state index is 12.4. The number of methoxy groups -OCH3 is 1. The molecule has 0 aliphatic rings. The Morgan fingerprint density at radius 2 is 2.17 bits per heavy atom. The van der Waals surface area contributed by atoms with E-state index in [2.05, 4.69) is 10.4 Å². The molecular weight excluding hydrogens is 332 g/mol. The van der Waals surface area contributed by atoms with Gasteiger partial charge in [0.15, 0.2) is 11.7 Å². The number of anilines is 1. The molecule has 1 aromatic heterocycles. The molecule has 2 aromatic rings. The SMILES string of the molecule is COc1cc(Cl)c(C)cc1NC(=O)[C@@H](C#N)C(=O)c1cnn(C)c1. The van der Waals surface area contributed by atoms with Crippen LogP contribution in [0.5, 0.6) is 5.75 Å². The van der Waals surface area contributed by atoms with Gasteiger partial charge in [-0.3, -0.25) is 14.3 Å². The van der Waals surface area contributed by atoms with E-state index in [0.717, 1.165) is 5.56 Å². The molecule has 1 amide bonds. The first-order chi connectivity index (χ1) is 11.4. The van der Waals surface area contributed by atoms with E-state index in [-0.39, 0.29) is 5.56 Å². The molecule has 1 heterocycles. The lowest BCUT2D eigenvalue weighted by atomic mass is 10.0. The van der Waals surface area contributed by atoms with E-state index < -0.39 is 17.6 Å². The standard InChI is InChI=1S/C16H15ClN4O3/c1-9-4-13(14(24-3)5-12(9)17)20-16(23)11(6-18)15(22)10-7-19-21(2)8-10/h4-5,7-8,11H,1-3H3,(H,20,23)/t11-/m0/s1. The van der Waals surface area contributed by atoms with E-state index in [1.165, 1.54) is 24.2 Å². The summed E-state index contributed by atoms with van der Waals surface area (Å²) in [5.41, 5.74) is 1.25. The van der Waals surface area contributed by atoms with Crippen LogP contribution in [0, 0.1) is 24.2 Å². The van der Waals surface area contributed by atoms with Gasteiger partial charge in [0.25, 0.3) is 0 Å². The highest BCUT2D eigenvalue weighted by molar-refractivity contribution is 6.31. The Kier molecular flexibility index (Phi) is 5.21. The molecule has 1 aromatic carbocycles. The van der Waals surface area contributed by atoms with Gasteiger partial charge in [0.1, 0.15) is 5.75 Å². The van der Waals surface area contributed by atoms with Crippen molar-refractivity contribution in [1.29, 1.82) is 5.26 Å². The van der Waals surface area contributed by atoms with E-state index in [1.54, 1.807) is 32.2 Å². The minimum absolute atomic E-state index is 0.193. The summed E-state index contributed by atoms with van der Waals surface area (Å²) < 4.78 is 6.59. The molecule has 8 heteroatoms. The summed E-state index contributed by atoms with van der Waals surface area (Å²) in [6.45, 7) is 1.76. The number of hydrogen-bond acceptors (Lipinski definition) is 5. The third-order valence-electron chi connectivity index (χ3n) is 3.38. The van der Waals surface area contributed by atoms with Crippen molar-refractivity contribution in [2.75, 3.05) is 12.4 Å². The minimum Gasteiger partial charge on any atom is -0.495 e. The zero-order chi connectivity index (χ0) is 17.9. The normalized spacial score (nSPS) is 11.5. The van der Waals surface area contributed by atoms with Crippen LogP contribution in [-0.4, -0.2) is 28.6 Å². The largest absolute Gasteiger partial charge is 0.495 e. The van der Waals surface area contributed by atoms with Crippen LogP contribution in [0.3, 0.4) is 0 Å². The van der Waals surface area contributed by atoms with Gasteiger partial charge < -0.3 is 10.1 Å². The molecular formula is C16H15ClN4O3. The Balaban J connectivity index is 2.26. The van der Waals surface area contributed by atoms with Gasteiger partial charge in [-0.2, -0.15) is 10.4 Å². The van der Waals surface area contributed by atoms with Crippen molar-refractivity contribution in [3.05, 3.63) is 40.7 Å². The molecule has 0 saturated heterocycles. The first kappa shape index (κ1) is 17.5. The number of nitriles is 1. The quantitative estimate of drug-likeness (QED) is 0.662. The van der Waals surface area contributed by atoms with Gasteiger partial charge in [-0.1, -0.05) is 11.6 Å². The number of Topliss-reactive ketones (excluding diaryl/α,β-unsaturated/α-hetero) is 1. The third-order valence-corrected chi connectivity index (χ3v) is 3.79. The molecule has 2 rings (SSSR count). The topological polar surface area (TPSA) is 97.0 Å². The van der Waals surface area contributed by atoms with Crippen molar-refractivity contribution < 1.29 is 14.3 Å². The Morgan fingerprint density at radius 1 is 1.46 bits per heavy atom. The molecule has 0 aliphatic carbocycles. The van der Waals surface area contributed by atoms with Crippen LogP contribution in [0.4, 0.5) is 5.69 Å². The van der Waals surface area contributed by atoms with Crippen LogP contribution >= 0.6 is 11.6 Å². The third kappa shape index (κ3) is 3.55. The van der Waals surface area contributed by atoms with Gasteiger partial charge in [0.05, 0.1) is 30.6 Å². The van der Waals surface area contributed by atoms with E-state index >= 15 is 0 Å². The molecule has 0 aliphatic heterocycles. The van der Waals surface area contributed by atoms with Crippen LogP contribution in [0.25, 0.3) is 0 Å². The summed E-state index contributed by atoms with van der Waals surface area (Å²) in [5, 5.41) is 16.1. The first-order valence-corrected chi connectivity index (χ1v) is 7.32. The van der Waals surface area contributed by atoms with E-state index in [0.29, 0.717) is 16.5 Å². The molecule has 0 fully saturated rings. The van der Waals surface area contributed by atoms with E-state index in [1.807, 2.05) is 0 Å². The summed E-state index contributed by atoms with van der Waals surface area (Å²) >= 11 is 6.02. The maximum atomic E-state index is 12.4. The number of ketones is 1. The number of amides is 1. The smallest absolute Gasteiger partial charge is 0.249 e. The lowest BCUT2D eigenvalue weighted by molar-refractivity contribution is -0.117. The molecule has 0 spiro atoms. The van der Waals surface area contributed by atoms with Crippen LogP contribution in [0.2, 0.25) is 5.02 Å². The lowest BCUT2D eigenvalue weighted by Gasteiger charge is -2.13.